The fourth-order valence-electron chi connectivity index (χ4n) is 9.56. The number of benzene rings is 2. The highest BCUT2D eigenvalue weighted by molar-refractivity contribution is 5.95. The molecule has 17 nitrogen and oxygen atoms in total. The van der Waals surface area contributed by atoms with Crippen molar-refractivity contribution in [3.63, 3.8) is 0 Å². The summed E-state index contributed by atoms with van der Waals surface area (Å²) < 4.78 is 30.9. The molecule has 7 N–H and O–H groups in total. The van der Waals surface area contributed by atoms with Gasteiger partial charge >= 0.3 is 5.97 Å². The van der Waals surface area contributed by atoms with E-state index in [1.54, 1.807) is 41.5 Å². The van der Waals surface area contributed by atoms with Gasteiger partial charge in [-0.05, 0) is 54.5 Å². The lowest BCUT2D eigenvalue weighted by atomic mass is 9.62. The number of carbonyl (C=O) groups is 3. The van der Waals surface area contributed by atoms with E-state index in [2.05, 4.69) is 10.6 Å². The van der Waals surface area contributed by atoms with Crippen LogP contribution in [-0.4, -0.2) is 142 Å². The van der Waals surface area contributed by atoms with Gasteiger partial charge in [0, 0.05) is 36.9 Å². The second-order valence-corrected chi connectivity index (χ2v) is 16.7. The normalized spacial score (nSPS) is 36.0. The number of aliphatic hydroxyl groups is 5. The Morgan fingerprint density at radius 3 is 2.37 bits per heavy atom. The molecule has 2 aromatic rings. The van der Waals surface area contributed by atoms with Crippen LogP contribution in [0.5, 0.6) is 0 Å². The summed E-state index contributed by atoms with van der Waals surface area (Å²) in [5.41, 5.74) is 1.30. The van der Waals surface area contributed by atoms with Crippen LogP contribution in [0.2, 0.25) is 0 Å². The number of esters is 1. The van der Waals surface area contributed by atoms with E-state index in [1.165, 1.54) is 0 Å². The van der Waals surface area contributed by atoms with E-state index in [1.807, 2.05) is 24.3 Å². The number of aliphatic hydroxyl groups excluding tert-OH is 5. The van der Waals surface area contributed by atoms with Gasteiger partial charge in [0.1, 0.15) is 54.2 Å². The molecule has 0 spiro atoms. The maximum atomic E-state index is 14.8. The Labute approximate surface area is 340 Å². The zero-order valence-corrected chi connectivity index (χ0v) is 32.3. The minimum absolute atomic E-state index is 0.00446. The van der Waals surface area contributed by atoms with E-state index in [0.29, 0.717) is 11.1 Å². The number of fused-ring (bicyclic) bond motifs is 4. The van der Waals surface area contributed by atoms with Crippen molar-refractivity contribution < 1.29 is 68.4 Å². The summed E-state index contributed by atoms with van der Waals surface area (Å²) in [6.07, 6.45) is -2.01. The average Bonchev–Trinajstić information content (AvgIpc) is 4.20. The van der Waals surface area contributed by atoms with Crippen molar-refractivity contribution in [3.05, 3.63) is 76.9 Å². The molecule has 4 aliphatic heterocycles. The molecule has 17 heteroatoms. The van der Waals surface area contributed by atoms with Gasteiger partial charge in [-0.3, -0.25) is 19.2 Å². The first-order valence-corrected chi connectivity index (χ1v) is 20.5. The first kappa shape index (κ1) is 40.6. The standard InChI is InChI=1S/C42H51N3O14/c46-15-14-43-37(51)25-5-1-3-24(17-25)19-44-40(53)41-18-28-33-34(58-42(57-33,26-10-11-26)27-12-13-27)36(41)59-45(35(41)38(52)55-28)20-23-8-6-22(7-9-23)4-2-16-54-39-32(50)31(49)30(48)29(21-47)56-39/h1-9,17,26-36,39,46-50H,10-16,18-21H2,(H,43,51)(H,44,53)/t28-,29-,30+,31+,32-,33+,34+,35+,36-,39+,41+/m1/s1. The molecule has 11 atom stereocenters. The molecular formula is C42H51N3O14. The van der Waals surface area contributed by atoms with Crippen molar-refractivity contribution in [2.75, 3.05) is 26.4 Å². The molecule has 2 bridgehead atoms. The Morgan fingerprint density at radius 1 is 0.915 bits per heavy atom. The average molecular weight is 822 g/mol. The van der Waals surface area contributed by atoms with E-state index in [-0.39, 0.29) is 62.9 Å². The van der Waals surface area contributed by atoms with Gasteiger partial charge in [0.15, 0.2) is 18.1 Å². The van der Waals surface area contributed by atoms with Gasteiger partial charge in [0.2, 0.25) is 5.91 Å². The van der Waals surface area contributed by atoms with Crippen molar-refractivity contribution in [1.82, 2.24) is 15.7 Å². The summed E-state index contributed by atoms with van der Waals surface area (Å²) in [7, 11) is 0. The van der Waals surface area contributed by atoms with Crippen molar-refractivity contribution in [2.24, 2.45) is 17.3 Å². The first-order chi connectivity index (χ1) is 28.6. The Hall–Kier alpha value is -3.85. The molecule has 9 rings (SSSR count). The van der Waals surface area contributed by atoms with Crippen LogP contribution in [0.1, 0.15) is 59.2 Å². The van der Waals surface area contributed by atoms with Crippen molar-refractivity contribution in [1.29, 1.82) is 0 Å². The Balaban J connectivity index is 0.922. The summed E-state index contributed by atoms with van der Waals surface area (Å²) in [4.78, 5) is 48.2. The molecule has 59 heavy (non-hydrogen) atoms. The molecule has 0 aromatic heterocycles. The molecular weight excluding hydrogens is 770 g/mol. The lowest BCUT2D eigenvalue weighted by Gasteiger charge is -2.48. The molecule has 2 amide bonds. The lowest BCUT2D eigenvalue weighted by molar-refractivity contribution is -0.298. The molecule has 3 aliphatic carbocycles. The van der Waals surface area contributed by atoms with Crippen LogP contribution in [0.15, 0.2) is 54.6 Å². The highest BCUT2D eigenvalue weighted by atomic mass is 16.8. The SMILES string of the molecule is O=C(NCCO)c1cccc(CNC(=O)[C@@]23C[C@H]4OC(=O)[C@@H]2N(Cc2ccc(C=CCO[C@H]5O[C@H](CO)[C@H](O)[C@H](O)[C@H]5O)cc2)O[C@@H]3[C@H]2OC(C3CC3)(C3CC3)O[C@H]24)c1. The lowest BCUT2D eigenvalue weighted by Crippen LogP contribution is -2.69. The number of ether oxygens (including phenoxy) is 5. The Bertz CT molecular complexity index is 1910. The molecule has 4 saturated heterocycles. The summed E-state index contributed by atoms with van der Waals surface area (Å²) in [6.45, 7) is -0.384. The van der Waals surface area contributed by atoms with Crippen molar-refractivity contribution >= 4 is 23.9 Å². The topological polar surface area (TPSA) is 235 Å². The summed E-state index contributed by atoms with van der Waals surface area (Å²) >= 11 is 0. The van der Waals surface area contributed by atoms with Gasteiger partial charge in [0.05, 0.1) is 26.4 Å². The summed E-state index contributed by atoms with van der Waals surface area (Å²) in [5, 5.41) is 56.1. The zero-order chi connectivity index (χ0) is 41.1. The smallest absolute Gasteiger partial charge is 0.327 e. The van der Waals surface area contributed by atoms with Gasteiger partial charge in [0.25, 0.3) is 5.91 Å². The number of nitrogens with one attached hydrogen (secondary N) is 2. The fourth-order valence-corrected chi connectivity index (χ4v) is 9.56. The monoisotopic (exact) mass is 821 g/mol. The minimum atomic E-state index is -1.53. The largest absolute Gasteiger partial charge is 0.458 e. The van der Waals surface area contributed by atoms with Gasteiger partial charge in [-0.25, -0.2) is 0 Å². The van der Waals surface area contributed by atoms with Crippen LogP contribution in [-0.2, 0) is 51.2 Å². The first-order valence-electron chi connectivity index (χ1n) is 20.5. The van der Waals surface area contributed by atoms with Crippen LogP contribution in [0.25, 0.3) is 6.08 Å². The van der Waals surface area contributed by atoms with Crippen molar-refractivity contribution in [2.45, 2.75) is 112 Å². The number of hydrogen-bond donors (Lipinski definition) is 7. The third kappa shape index (κ3) is 7.39. The second kappa shape index (κ2) is 16.2. The molecule has 7 aliphatic rings. The quantitative estimate of drug-likeness (QED) is 0.114. The third-order valence-corrected chi connectivity index (χ3v) is 12.8. The fraction of sp³-hybridized carbons (Fsp3) is 0.595. The van der Waals surface area contributed by atoms with Crippen molar-refractivity contribution in [3.8, 4) is 0 Å². The number of carbonyl (C=O) groups excluding carboxylic acids is 3. The number of amides is 2. The van der Waals surface area contributed by atoms with E-state index in [4.69, 9.17) is 33.6 Å². The maximum Gasteiger partial charge on any atom is 0.327 e. The molecule has 3 saturated carbocycles. The van der Waals surface area contributed by atoms with Gasteiger partial charge < -0.3 is 59.9 Å². The number of hydroxylamine groups is 2. The Kier molecular flexibility index (Phi) is 11.1. The number of rotatable bonds is 15. The van der Waals surface area contributed by atoms with Gasteiger partial charge in [-0.1, -0.05) is 48.6 Å². The Morgan fingerprint density at radius 2 is 1.66 bits per heavy atom. The predicted octanol–water partition coefficient (Wildman–Crippen LogP) is -0.345. The van der Waals surface area contributed by atoms with Crippen LogP contribution >= 0.6 is 0 Å². The van der Waals surface area contributed by atoms with Crippen LogP contribution < -0.4 is 10.6 Å². The minimum Gasteiger partial charge on any atom is -0.458 e. The predicted molar refractivity (Wildman–Crippen MR) is 202 cm³/mol. The summed E-state index contributed by atoms with van der Waals surface area (Å²) in [6, 6.07) is 13.2. The number of hydrogen-bond acceptors (Lipinski definition) is 15. The molecule has 2 aromatic carbocycles. The van der Waals surface area contributed by atoms with E-state index in [9.17, 15) is 34.8 Å². The molecule has 7 fully saturated rings. The highest BCUT2D eigenvalue weighted by Gasteiger charge is 2.78. The maximum absolute atomic E-state index is 14.8. The highest BCUT2D eigenvalue weighted by Crippen LogP contribution is 2.63. The molecule has 4 heterocycles. The van der Waals surface area contributed by atoms with E-state index < -0.39 is 84.9 Å². The zero-order valence-electron chi connectivity index (χ0n) is 32.3. The van der Waals surface area contributed by atoms with E-state index in [0.717, 1.165) is 36.8 Å². The van der Waals surface area contributed by atoms with Gasteiger partial charge in [-0.15, -0.1) is 0 Å². The van der Waals surface area contributed by atoms with Gasteiger partial charge in [-0.2, -0.15) is 5.06 Å². The molecule has 318 valence electrons. The molecule has 0 radical (unpaired) electrons. The third-order valence-electron chi connectivity index (χ3n) is 12.8. The molecule has 0 unspecified atom stereocenters. The van der Waals surface area contributed by atoms with Crippen LogP contribution in [0.4, 0.5) is 0 Å². The van der Waals surface area contributed by atoms with Crippen LogP contribution in [0.3, 0.4) is 0 Å². The number of nitrogens with zero attached hydrogens (tertiary/aromatic N) is 1. The second-order valence-electron chi connectivity index (χ2n) is 16.7. The van der Waals surface area contributed by atoms with Crippen LogP contribution in [0, 0.1) is 17.3 Å². The summed E-state index contributed by atoms with van der Waals surface area (Å²) in [5.74, 6) is -1.61. The van der Waals surface area contributed by atoms with E-state index >= 15 is 0 Å².